The zero-order valence-corrected chi connectivity index (χ0v) is 14.0. The third-order valence-electron chi connectivity index (χ3n) is 3.24. The lowest BCUT2D eigenvalue weighted by atomic mass is 10.1. The normalized spacial score (nSPS) is 11.3. The van der Waals surface area contributed by atoms with Crippen LogP contribution in [0.1, 0.15) is 11.1 Å². The quantitative estimate of drug-likeness (QED) is 0.420. The highest BCUT2D eigenvalue weighted by molar-refractivity contribution is 6.32. The molecule has 0 aliphatic rings. The molecule has 137 valence electrons. The number of alkyl halides is 3. The molecular weight excluding hydrogens is 377 g/mol. The van der Waals surface area contributed by atoms with Crippen molar-refractivity contribution >= 4 is 23.0 Å². The average Bonchev–Trinajstić information content (AvgIpc) is 2.55. The van der Waals surface area contributed by atoms with Crippen molar-refractivity contribution in [3.05, 3.63) is 62.7 Å². The van der Waals surface area contributed by atoms with Gasteiger partial charge in [0, 0.05) is 13.2 Å². The first kappa shape index (κ1) is 19.7. The zero-order valence-electron chi connectivity index (χ0n) is 13.2. The van der Waals surface area contributed by atoms with Gasteiger partial charge in [0.1, 0.15) is 17.2 Å². The Bertz CT molecular complexity index is 856. The number of ether oxygens (including phenoxy) is 2. The van der Waals surface area contributed by atoms with E-state index in [2.05, 4.69) is 0 Å². The van der Waals surface area contributed by atoms with Crippen LogP contribution in [0.2, 0.25) is 5.02 Å². The monoisotopic (exact) mass is 387 g/mol. The molecule has 2 aromatic rings. The highest BCUT2D eigenvalue weighted by Crippen LogP contribution is 2.37. The summed E-state index contributed by atoms with van der Waals surface area (Å²) < 4.78 is 48.1. The fraction of sp³-hybridized carbons (Fsp3) is 0.188. The van der Waals surface area contributed by atoms with Crippen LogP contribution in [0.5, 0.6) is 11.5 Å². The molecule has 0 bridgehead atoms. The summed E-state index contributed by atoms with van der Waals surface area (Å²) in [7, 11) is 1.30. The summed E-state index contributed by atoms with van der Waals surface area (Å²) in [6.07, 6.45) is -4.55. The van der Waals surface area contributed by atoms with Gasteiger partial charge in [0.05, 0.1) is 27.7 Å². The summed E-state index contributed by atoms with van der Waals surface area (Å²) in [5.41, 5.74) is -1.86. The molecule has 0 aliphatic heterocycles. The molecule has 1 radical (unpaired) electrons. The molecule has 0 N–H and O–H groups in total. The minimum atomic E-state index is -4.55. The van der Waals surface area contributed by atoms with Crippen molar-refractivity contribution in [3.63, 3.8) is 0 Å². The third kappa shape index (κ3) is 4.50. The summed E-state index contributed by atoms with van der Waals surface area (Å²) in [4.78, 5) is 10.4. The van der Waals surface area contributed by atoms with E-state index >= 15 is 0 Å². The summed E-state index contributed by atoms with van der Waals surface area (Å²) in [6.45, 7) is -0.272. The second-order valence-corrected chi connectivity index (χ2v) is 5.47. The minimum Gasteiger partial charge on any atom is -0.456 e. The zero-order chi connectivity index (χ0) is 19.5. The standard InChI is InChI=1S/C16H11ClF3N2O4/c1-25-8-13(21)11-7-10(3-4-14(11)22(23)24)26-15-5-2-9(6-12(15)17)16(18,19)20/h2-7H,8H2,1H3. The molecule has 0 heterocycles. The first-order chi connectivity index (χ1) is 12.1. The number of nitro benzene ring substituents is 1. The smallest absolute Gasteiger partial charge is 0.416 e. The van der Waals surface area contributed by atoms with Gasteiger partial charge in [0.2, 0.25) is 0 Å². The van der Waals surface area contributed by atoms with Gasteiger partial charge < -0.3 is 9.47 Å². The van der Waals surface area contributed by atoms with Crippen LogP contribution in [0.25, 0.3) is 0 Å². The van der Waals surface area contributed by atoms with Crippen LogP contribution in [-0.2, 0) is 10.9 Å². The van der Waals surface area contributed by atoms with Crippen molar-refractivity contribution < 1.29 is 27.6 Å². The van der Waals surface area contributed by atoms with E-state index in [4.69, 9.17) is 21.1 Å². The highest BCUT2D eigenvalue weighted by Gasteiger charge is 2.31. The predicted octanol–water partition coefficient (Wildman–Crippen LogP) is 4.29. The Hall–Kier alpha value is -2.65. The van der Waals surface area contributed by atoms with E-state index in [1.165, 1.54) is 19.2 Å². The van der Waals surface area contributed by atoms with Crippen molar-refractivity contribution in [1.29, 1.82) is 0 Å². The SMILES string of the molecule is COCC(=[N])c1cc(Oc2ccc(C(F)(F)F)cc2Cl)ccc1[N+](=O)[O-]. The summed E-state index contributed by atoms with van der Waals surface area (Å²) in [5.74, 6) is -0.0411. The van der Waals surface area contributed by atoms with E-state index in [9.17, 15) is 28.7 Å². The lowest BCUT2D eigenvalue weighted by Gasteiger charge is -2.12. The van der Waals surface area contributed by atoms with Crippen molar-refractivity contribution in [1.82, 2.24) is 5.41 Å². The number of nitro groups is 1. The van der Waals surface area contributed by atoms with Crippen molar-refractivity contribution in [2.45, 2.75) is 6.18 Å². The van der Waals surface area contributed by atoms with Gasteiger partial charge >= 0.3 is 6.18 Å². The van der Waals surface area contributed by atoms with Crippen LogP contribution in [0.3, 0.4) is 0 Å². The predicted molar refractivity (Wildman–Crippen MR) is 87.7 cm³/mol. The van der Waals surface area contributed by atoms with Gasteiger partial charge in [0.25, 0.3) is 5.69 Å². The maximum atomic E-state index is 12.7. The Morgan fingerprint density at radius 2 is 1.96 bits per heavy atom. The van der Waals surface area contributed by atoms with E-state index in [0.29, 0.717) is 6.07 Å². The molecule has 0 unspecified atom stereocenters. The topological polar surface area (TPSA) is 83.9 Å². The molecule has 26 heavy (non-hydrogen) atoms. The molecule has 2 rings (SSSR count). The van der Waals surface area contributed by atoms with Crippen LogP contribution in [0, 0.1) is 10.1 Å². The minimum absolute atomic E-state index is 0.0370. The molecule has 0 saturated heterocycles. The highest BCUT2D eigenvalue weighted by atomic mass is 35.5. The number of benzene rings is 2. The molecule has 2 aromatic carbocycles. The number of nitrogens with zero attached hydrogens (tertiary/aromatic N) is 2. The van der Waals surface area contributed by atoms with Crippen LogP contribution in [0.15, 0.2) is 36.4 Å². The Labute approximate surface area is 150 Å². The van der Waals surface area contributed by atoms with Crippen LogP contribution in [0.4, 0.5) is 18.9 Å². The van der Waals surface area contributed by atoms with Crippen LogP contribution in [-0.4, -0.2) is 24.4 Å². The lowest BCUT2D eigenvalue weighted by Crippen LogP contribution is -2.12. The van der Waals surface area contributed by atoms with Crippen LogP contribution < -0.4 is 10.1 Å². The summed E-state index contributed by atoms with van der Waals surface area (Å²) in [6, 6.07) is 6.02. The van der Waals surface area contributed by atoms with E-state index in [1.807, 2.05) is 0 Å². The molecule has 0 fully saturated rings. The van der Waals surface area contributed by atoms with Gasteiger partial charge in [0.15, 0.2) is 0 Å². The third-order valence-corrected chi connectivity index (χ3v) is 3.54. The first-order valence-electron chi connectivity index (χ1n) is 7.00. The number of hydrogen-bond donors (Lipinski definition) is 0. The average molecular weight is 388 g/mol. The van der Waals surface area contributed by atoms with Gasteiger partial charge in [-0.1, -0.05) is 11.6 Å². The second-order valence-electron chi connectivity index (χ2n) is 5.06. The first-order valence-corrected chi connectivity index (χ1v) is 7.38. The van der Waals surface area contributed by atoms with E-state index in [-0.39, 0.29) is 34.4 Å². The van der Waals surface area contributed by atoms with Gasteiger partial charge in [-0.05, 0) is 30.3 Å². The Morgan fingerprint density at radius 1 is 1.27 bits per heavy atom. The number of methoxy groups -OCH3 is 1. The maximum absolute atomic E-state index is 12.7. The molecule has 0 aliphatic carbocycles. The Balaban J connectivity index is 2.37. The maximum Gasteiger partial charge on any atom is 0.416 e. The molecule has 0 aromatic heterocycles. The Morgan fingerprint density at radius 3 is 2.50 bits per heavy atom. The molecule has 0 atom stereocenters. The number of rotatable bonds is 6. The fourth-order valence-electron chi connectivity index (χ4n) is 2.07. The van der Waals surface area contributed by atoms with Gasteiger partial charge in [-0.3, -0.25) is 10.1 Å². The van der Waals surface area contributed by atoms with Gasteiger partial charge in [-0.15, -0.1) is 0 Å². The van der Waals surface area contributed by atoms with Crippen LogP contribution >= 0.6 is 11.6 Å². The Kier molecular flexibility index (Phi) is 5.83. The molecule has 0 amide bonds. The second kappa shape index (κ2) is 7.71. The summed E-state index contributed by atoms with van der Waals surface area (Å²) in [5, 5.41) is 20.7. The molecule has 0 spiro atoms. The molecule has 0 saturated carbocycles. The number of hydrogen-bond acceptors (Lipinski definition) is 4. The van der Waals surface area contributed by atoms with Gasteiger partial charge in [-0.2, -0.15) is 18.6 Å². The number of halogens is 4. The van der Waals surface area contributed by atoms with Crippen molar-refractivity contribution in [2.24, 2.45) is 0 Å². The van der Waals surface area contributed by atoms with Gasteiger partial charge in [-0.25, -0.2) is 0 Å². The van der Waals surface area contributed by atoms with E-state index in [0.717, 1.165) is 18.2 Å². The van der Waals surface area contributed by atoms with E-state index in [1.54, 1.807) is 0 Å². The van der Waals surface area contributed by atoms with Crippen molar-refractivity contribution in [3.8, 4) is 11.5 Å². The summed E-state index contributed by atoms with van der Waals surface area (Å²) >= 11 is 5.81. The molecular formula is C16H11ClF3N2O4. The molecule has 10 heteroatoms. The fourth-order valence-corrected chi connectivity index (χ4v) is 2.29. The lowest BCUT2D eigenvalue weighted by molar-refractivity contribution is -0.385. The molecule has 6 nitrogen and oxygen atoms in total. The largest absolute Gasteiger partial charge is 0.456 e. The van der Waals surface area contributed by atoms with Crippen molar-refractivity contribution in [2.75, 3.05) is 13.7 Å². The van der Waals surface area contributed by atoms with E-state index < -0.39 is 22.4 Å².